The highest BCUT2D eigenvalue weighted by atomic mass is 35.5. The molecule has 6 heteroatoms. The van der Waals surface area contributed by atoms with E-state index in [1.54, 1.807) is 23.9 Å². The molecule has 0 aliphatic heterocycles. The predicted octanol–water partition coefficient (Wildman–Crippen LogP) is 2.59. The Hall–Kier alpha value is -1.46. The number of nitrogens with zero attached hydrogens (tertiary/aromatic N) is 4. The molecule has 0 N–H and O–H groups in total. The summed E-state index contributed by atoms with van der Waals surface area (Å²) < 4.78 is 1.91. The normalized spacial score (nSPS) is 11.1. The first kappa shape index (κ1) is 9.74. The molecule has 16 heavy (non-hydrogen) atoms. The molecule has 0 atom stereocenters. The maximum Gasteiger partial charge on any atom is 0.151 e. The number of hydrogen-bond donors (Lipinski definition) is 0. The van der Waals surface area contributed by atoms with E-state index in [0.29, 0.717) is 17.5 Å². The van der Waals surface area contributed by atoms with Gasteiger partial charge in [-0.2, -0.15) is 0 Å². The summed E-state index contributed by atoms with van der Waals surface area (Å²) in [4.78, 5) is 13.6. The Morgan fingerprint density at radius 1 is 1.38 bits per heavy atom. The average molecular weight is 251 g/mol. The Morgan fingerprint density at radius 2 is 2.31 bits per heavy atom. The van der Waals surface area contributed by atoms with Crippen molar-refractivity contribution >= 4 is 33.2 Å². The van der Waals surface area contributed by atoms with E-state index in [4.69, 9.17) is 11.6 Å². The van der Waals surface area contributed by atoms with Gasteiger partial charge in [0.05, 0.1) is 12.9 Å². The van der Waals surface area contributed by atoms with Crippen LogP contribution in [0.2, 0.25) is 5.15 Å². The van der Waals surface area contributed by atoms with Gasteiger partial charge in [0.1, 0.15) is 9.98 Å². The topological polar surface area (TPSA) is 43.6 Å². The van der Waals surface area contributed by atoms with E-state index in [0.717, 1.165) is 10.2 Å². The number of halogens is 1. The molecule has 0 bridgehead atoms. The van der Waals surface area contributed by atoms with Crippen LogP contribution < -0.4 is 0 Å². The molecule has 80 valence electrons. The summed E-state index contributed by atoms with van der Waals surface area (Å²) in [5.74, 6) is 0.706. The van der Waals surface area contributed by atoms with Gasteiger partial charge in [-0.25, -0.2) is 15.0 Å². The summed E-state index contributed by atoms with van der Waals surface area (Å²) in [6.45, 7) is 0.591. The van der Waals surface area contributed by atoms with E-state index in [2.05, 4.69) is 15.0 Å². The second kappa shape index (κ2) is 3.84. The van der Waals surface area contributed by atoms with Gasteiger partial charge in [-0.05, 0) is 11.4 Å². The largest absolute Gasteiger partial charge is 0.330 e. The third kappa shape index (κ3) is 1.68. The highest BCUT2D eigenvalue weighted by Crippen LogP contribution is 2.24. The lowest BCUT2D eigenvalue weighted by molar-refractivity contribution is 0.749. The minimum atomic E-state index is 0.515. The van der Waals surface area contributed by atoms with Crippen molar-refractivity contribution in [3.63, 3.8) is 0 Å². The molecule has 0 aliphatic rings. The molecule has 0 aromatic carbocycles. The molecule has 3 aromatic rings. The van der Waals surface area contributed by atoms with Crippen molar-refractivity contribution in [1.29, 1.82) is 0 Å². The molecule has 0 saturated carbocycles. The van der Waals surface area contributed by atoms with Gasteiger partial charge in [0.2, 0.25) is 0 Å². The predicted molar refractivity (Wildman–Crippen MR) is 63.8 cm³/mol. The first-order valence-corrected chi connectivity index (χ1v) is 5.94. The number of hydrogen-bond acceptors (Lipinski definition) is 4. The van der Waals surface area contributed by atoms with Crippen LogP contribution in [0.4, 0.5) is 0 Å². The van der Waals surface area contributed by atoms with Gasteiger partial charge in [0.15, 0.2) is 5.82 Å². The molecule has 0 radical (unpaired) electrons. The summed E-state index contributed by atoms with van der Waals surface area (Å²) >= 11 is 7.64. The molecule has 0 aliphatic carbocycles. The molecule has 3 heterocycles. The minimum Gasteiger partial charge on any atom is -0.330 e. The third-order valence-corrected chi connectivity index (χ3v) is 3.30. The lowest BCUT2D eigenvalue weighted by Crippen LogP contribution is -2.02. The second-order valence-electron chi connectivity index (χ2n) is 3.31. The van der Waals surface area contributed by atoms with E-state index in [9.17, 15) is 0 Å². The maximum atomic E-state index is 6.07. The quantitative estimate of drug-likeness (QED) is 0.657. The van der Waals surface area contributed by atoms with Crippen molar-refractivity contribution in [3.8, 4) is 0 Å². The maximum absolute atomic E-state index is 6.07. The van der Waals surface area contributed by atoms with Gasteiger partial charge >= 0.3 is 0 Å². The zero-order chi connectivity index (χ0) is 11.0. The fraction of sp³-hybridized carbons (Fsp3) is 0.100. The summed E-state index contributed by atoms with van der Waals surface area (Å²) in [5, 5.41) is 3.40. The molecule has 0 unspecified atom stereocenters. The molecule has 4 nitrogen and oxygen atoms in total. The zero-order valence-electron chi connectivity index (χ0n) is 8.17. The van der Waals surface area contributed by atoms with Crippen molar-refractivity contribution in [2.24, 2.45) is 0 Å². The smallest absolute Gasteiger partial charge is 0.151 e. The molecule has 0 amide bonds. The summed E-state index contributed by atoms with van der Waals surface area (Å²) in [6.07, 6.45) is 5.33. The van der Waals surface area contributed by atoms with Gasteiger partial charge < -0.3 is 4.57 Å². The molecule has 0 fully saturated rings. The number of imidazole rings is 1. The van der Waals surface area contributed by atoms with E-state index < -0.39 is 0 Å². The fourth-order valence-corrected chi connectivity index (χ4v) is 2.56. The fourth-order valence-electron chi connectivity index (χ4n) is 1.47. The Balaban J connectivity index is 2.04. The minimum absolute atomic E-state index is 0.515. The van der Waals surface area contributed by atoms with Crippen LogP contribution in [0.3, 0.4) is 0 Å². The lowest BCUT2D eigenvalue weighted by Gasteiger charge is -2.02. The van der Waals surface area contributed by atoms with Crippen LogP contribution in [0.1, 0.15) is 5.82 Å². The monoisotopic (exact) mass is 250 g/mol. The number of aromatic nitrogens is 4. The molecular formula is C10H7ClN4S. The third-order valence-electron chi connectivity index (χ3n) is 2.21. The van der Waals surface area contributed by atoms with Crippen LogP contribution in [0, 0.1) is 0 Å². The molecule has 3 aromatic heterocycles. The van der Waals surface area contributed by atoms with E-state index in [1.807, 2.05) is 22.2 Å². The molecule has 0 spiro atoms. The van der Waals surface area contributed by atoms with Crippen LogP contribution in [0.5, 0.6) is 0 Å². The van der Waals surface area contributed by atoms with Crippen molar-refractivity contribution in [2.45, 2.75) is 6.54 Å². The van der Waals surface area contributed by atoms with E-state index >= 15 is 0 Å². The Kier molecular flexibility index (Phi) is 2.34. The second-order valence-corrected chi connectivity index (χ2v) is 4.56. The van der Waals surface area contributed by atoms with Gasteiger partial charge in [-0.1, -0.05) is 11.6 Å². The Bertz CT molecular complexity index is 617. The zero-order valence-corrected chi connectivity index (χ0v) is 9.74. The van der Waals surface area contributed by atoms with Crippen molar-refractivity contribution in [1.82, 2.24) is 19.5 Å². The van der Waals surface area contributed by atoms with E-state index in [-0.39, 0.29) is 0 Å². The summed E-state index contributed by atoms with van der Waals surface area (Å²) in [7, 11) is 0. The Labute approximate surface area is 101 Å². The average Bonchev–Trinajstić information content (AvgIpc) is 2.87. The number of rotatable bonds is 2. The van der Waals surface area contributed by atoms with Crippen molar-refractivity contribution in [3.05, 3.63) is 41.1 Å². The first-order valence-electron chi connectivity index (χ1n) is 4.68. The van der Waals surface area contributed by atoms with Crippen LogP contribution >= 0.6 is 22.9 Å². The highest BCUT2D eigenvalue weighted by Gasteiger charge is 2.07. The van der Waals surface area contributed by atoms with Crippen LogP contribution in [-0.4, -0.2) is 19.5 Å². The standard InChI is InChI=1S/C10H7ClN4S/c11-9-7-1-4-16-10(7)14-8(13-9)5-15-3-2-12-6-15/h1-4,6H,5H2. The number of thiophene rings is 1. The Morgan fingerprint density at radius 3 is 3.12 bits per heavy atom. The molecule has 0 saturated heterocycles. The van der Waals surface area contributed by atoms with Crippen molar-refractivity contribution < 1.29 is 0 Å². The van der Waals surface area contributed by atoms with Gasteiger partial charge in [-0.3, -0.25) is 0 Å². The van der Waals surface area contributed by atoms with Gasteiger partial charge in [0, 0.05) is 17.8 Å². The van der Waals surface area contributed by atoms with E-state index in [1.165, 1.54) is 0 Å². The summed E-state index contributed by atoms with van der Waals surface area (Å²) in [5.41, 5.74) is 0. The SMILES string of the molecule is Clc1nc(Cn2ccnc2)nc2sccc12. The van der Waals surface area contributed by atoms with Gasteiger partial charge in [0.25, 0.3) is 0 Å². The van der Waals surface area contributed by atoms with Crippen LogP contribution in [-0.2, 0) is 6.54 Å². The highest BCUT2D eigenvalue weighted by molar-refractivity contribution is 7.16. The molecule has 3 rings (SSSR count). The summed E-state index contributed by atoms with van der Waals surface area (Å²) in [6, 6.07) is 1.93. The van der Waals surface area contributed by atoms with Crippen LogP contribution in [0.25, 0.3) is 10.2 Å². The molecular weight excluding hydrogens is 244 g/mol. The first-order chi connectivity index (χ1) is 7.83. The number of fused-ring (bicyclic) bond motifs is 1. The van der Waals surface area contributed by atoms with Gasteiger partial charge in [-0.15, -0.1) is 11.3 Å². The van der Waals surface area contributed by atoms with Crippen LogP contribution in [0.15, 0.2) is 30.2 Å². The van der Waals surface area contributed by atoms with Crippen molar-refractivity contribution in [2.75, 3.05) is 0 Å². The lowest BCUT2D eigenvalue weighted by atomic mass is 10.4.